The average molecular weight is 1040 g/mol. The van der Waals surface area contributed by atoms with E-state index in [9.17, 15) is 15.0 Å². The Morgan fingerprint density at radius 1 is 0.480 bits per heavy atom. The number of unbranched alkanes of at least 4 members (excludes halogenated alkanes) is 7. The van der Waals surface area contributed by atoms with Crippen LogP contribution in [0.3, 0.4) is 0 Å². The second-order valence-electron chi connectivity index (χ2n) is 23.7. The molecule has 0 spiro atoms. The molecule has 5 aromatic rings. The lowest BCUT2D eigenvalue weighted by Gasteiger charge is -2.29. The molecule has 7 nitrogen and oxygen atoms in total. The first kappa shape index (κ1) is 55.6. The Bertz CT molecular complexity index is 2690. The van der Waals surface area contributed by atoms with E-state index >= 15 is 0 Å². The van der Waals surface area contributed by atoms with E-state index in [2.05, 4.69) is 118 Å². The quantitative estimate of drug-likeness (QED) is 0.0170. The van der Waals surface area contributed by atoms with E-state index in [0.29, 0.717) is 6.42 Å². The molecule has 6 atom stereocenters. The molecule has 9 rings (SSSR count). The van der Waals surface area contributed by atoms with Crippen molar-refractivity contribution >= 4 is 18.4 Å². The molecular formula is C67H86O7S. The number of benzene rings is 5. The van der Waals surface area contributed by atoms with Crippen LogP contribution in [0.1, 0.15) is 182 Å². The summed E-state index contributed by atoms with van der Waals surface area (Å²) in [5.74, 6) is 1.09. The first-order valence-corrected chi connectivity index (χ1v) is 29.5. The smallest absolute Gasteiger partial charge is 0.168 e. The fourth-order valence-corrected chi connectivity index (χ4v) is 11.7. The van der Waals surface area contributed by atoms with E-state index in [1.165, 1.54) is 83.9 Å². The number of hydrogen-bond acceptors (Lipinski definition) is 8. The molecule has 4 fully saturated rings. The molecule has 0 bridgehead atoms. The number of carbonyl (C=O) groups excluding carboxylic acids is 1. The monoisotopic (exact) mass is 1030 g/mol. The minimum absolute atomic E-state index is 0.146. The minimum atomic E-state index is -1.19. The van der Waals surface area contributed by atoms with Crippen molar-refractivity contribution in [2.45, 2.75) is 192 Å². The van der Waals surface area contributed by atoms with Crippen LogP contribution in [-0.2, 0) is 87.9 Å². The number of rotatable bonds is 32. The van der Waals surface area contributed by atoms with Crippen molar-refractivity contribution in [3.63, 3.8) is 0 Å². The predicted molar refractivity (Wildman–Crippen MR) is 306 cm³/mol. The molecule has 2 N–H and O–H groups in total. The third kappa shape index (κ3) is 15.3. The first-order valence-electron chi connectivity index (χ1n) is 28.8. The largest absolute Gasteiger partial charge is 0.381 e. The molecule has 4 aliphatic rings. The molecule has 402 valence electrons. The highest BCUT2D eigenvalue weighted by Gasteiger charge is 2.36. The first-order chi connectivity index (χ1) is 36.2. The predicted octanol–water partition coefficient (Wildman–Crippen LogP) is 13.1. The second-order valence-corrected chi connectivity index (χ2v) is 24.1. The molecule has 4 heterocycles. The highest BCUT2D eigenvalue weighted by atomic mass is 32.1. The third-order valence-corrected chi connectivity index (χ3v) is 17.1. The van der Waals surface area contributed by atoms with Crippen LogP contribution < -0.4 is 0 Å². The van der Waals surface area contributed by atoms with Gasteiger partial charge in [0, 0.05) is 36.7 Å². The zero-order valence-corrected chi connectivity index (χ0v) is 46.8. The van der Waals surface area contributed by atoms with E-state index < -0.39 is 16.6 Å². The van der Waals surface area contributed by atoms with Crippen LogP contribution in [0, 0.1) is 5.41 Å². The molecule has 0 radical (unpaired) electrons. The molecule has 6 unspecified atom stereocenters. The van der Waals surface area contributed by atoms with E-state index in [4.69, 9.17) is 18.9 Å². The van der Waals surface area contributed by atoms with Crippen molar-refractivity contribution in [3.8, 4) is 0 Å². The number of epoxide rings is 4. The fraction of sp³-hybridized carbons (Fsp3) is 0.537. The van der Waals surface area contributed by atoms with E-state index in [0.717, 1.165) is 142 Å². The van der Waals surface area contributed by atoms with Crippen LogP contribution in [0.15, 0.2) is 97.1 Å². The number of hydrogen-bond donors (Lipinski definition) is 3. The topological polar surface area (TPSA) is 108 Å². The second kappa shape index (κ2) is 25.1. The summed E-state index contributed by atoms with van der Waals surface area (Å²) >= 11 is 4.38. The summed E-state index contributed by atoms with van der Waals surface area (Å²) in [4.78, 5) is 14.2. The van der Waals surface area contributed by atoms with Crippen LogP contribution in [0.25, 0.3) is 0 Å². The standard InChI is InChI=1S/C67H86O7S/c1-6-7-8-9-12-15-47-20-29-62(54(34-47)40-60-44-73-60)67(5,70)57-28-26-50(53(37-57)39-59-43-72-59)22-17-46-18-23-51(24-19-46)64(68)65(2,3)32-31-48-21-30-63(55(35-48)41-61-45-74-61)66(4,69)56-27-25-49(16-13-10-11-14-33-75)52(36-56)38-58-42-71-58/h18-21,23-30,34-37,58-61,69-70,75H,6-17,22,31-33,38-45H2,1-5H3. The summed E-state index contributed by atoms with van der Waals surface area (Å²) < 4.78 is 22.8. The van der Waals surface area contributed by atoms with Gasteiger partial charge in [-0.25, -0.2) is 0 Å². The van der Waals surface area contributed by atoms with Crippen molar-refractivity contribution in [3.05, 3.63) is 175 Å². The van der Waals surface area contributed by atoms with Crippen molar-refractivity contribution in [2.24, 2.45) is 5.41 Å². The molecule has 0 aromatic heterocycles. The van der Waals surface area contributed by atoms with Crippen molar-refractivity contribution in [1.29, 1.82) is 0 Å². The van der Waals surface area contributed by atoms with Gasteiger partial charge in [-0.3, -0.25) is 4.79 Å². The number of aryl methyl sites for hydroxylation is 5. The fourth-order valence-electron chi connectivity index (χ4n) is 11.4. The molecule has 4 aliphatic heterocycles. The van der Waals surface area contributed by atoms with Gasteiger partial charge in [0.2, 0.25) is 0 Å². The van der Waals surface area contributed by atoms with Gasteiger partial charge in [-0.15, -0.1) is 0 Å². The Balaban J connectivity index is 0.831. The summed E-state index contributed by atoms with van der Waals surface area (Å²) in [5, 5.41) is 24.8. The van der Waals surface area contributed by atoms with E-state index in [1.54, 1.807) is 0 Å². The maximum Gasteiger partial charge on any atom is 0.168 e. The van der Waals surface area contributed by atoms with Gasteiger partial charge in [0.25, 0.3) is 0 Å². The van der Waals surface area contributed by atoms with Gasteiger partial charge in [0.1, 0.15) is 11.2 Å². The van der Waals surface area contributed by atoms with Gasteiger partial charge in [0.05, 0.1) is 50.8 Å². The van der Waals surface area contributed by atoms with Crippen LogP contribution in [0.5, 0.6) is 0 Å². The zero-order valence-electron chi connectivity index (χ0n) is 45.9. The van der Waals surface area contributed by atoms with Gasteiger partial charge in [-0.05, 0) is 150 Å². The van der Waals surface area contributed by atoms with Crippen LogP contribution >= 0.6 is 12.6 Å². The lowest BCUT2D eigenvalue weighted by molar-refractivity contribution is 0.0826. The lowest BCUT2D eigenvalue weighted by Crippen LogP contribution is -2.26. The Hall–Kier alpha value is -4.12. The lowest BCUT2D eigenvalue weighted by atomic mass is 9.78. The van der Waals surface area contributed by atoms with Crippen LogP contribution in [0.4, 0.5) is 0 Å². The van der Waals surface area contributed by atoms with Crippen molar-refractivity contribution in [1.82, 2.24) is 0 Å². The van der Waals surface area contributed by atoms with Crippen LogP contribution in [-0.4, -0.2) is 72.6 Å². The maximum atomic E-state index is 14.2. The maximum absolute atomic E-state index is 14.2. The Morgan fingerprint density at radius 2 is 0.920 bits per heavy atom. The average Bonchev–Trinajstić information content (AvgIpc) is 4.13. The summed E-state index contributed by atoms with van der Waals surface area (Å²) in [7, 11) is 0. The van der Waals surface area contributed by atoms with Crippen molar-refractivity contribution in [2.75, 3.05) is 32.2 Å². The Labute approximate surface area is 454 Å². The van der Waals surface area contributed by atoms with Gasteiger partial charge in [0.15, 0.2) is 5.78 Å². The molecule has 75 heavy (non-hydrogen) atoms. The molecule has 0 amide bonds. The summed E-state index contributed by atoms with van der Waals surface area (Å²) in [5.41, 5.74) is 12.6. The molecule has 4 saturated heterocycles. The minimum Gasteiger partial charge on any atom is -0.381 e. The number of carbonyl (C=O) groups is 1. The Morgan fingerprint density at radius 3 is 1.41 bits per heavy atom. The third-order valence-electron chi connectivity index (χ3n) is 16.8. The zero-order chi connectivity index (χ0) is 52.6. The number of ketones is 1. The summed E-state index contributed by atoms with van der Waals surface area (Å²) in [6.07, 6.45) is 20.4. The Kier molecular flexibility index (Phi) is 18.6. The number of ether oxygens (including phenoxy) is 4. The normalized spacial score (nSPS) is 20.4. The van der Waals surface area contributed by atoms with Gasteiger partial charge in [-0.1, -0.05) is 156 Å². The van der Waals surface area contributed by atoms with Gasteiger partial charge < -0.3 is 29.2 Å². The van der Waals surface area contributed by atoms with E-state index in [1.807, 2.05) is 26.0 Å². The molecule has 8 heteroatoms. The highest BCUT2D eigenvalue weighted by Crippen LogP contribution is 2.39. The molecular weight excluding hydrogens is 949 g/mol. The number of Topliss-reactive ketones (excluding diaryl/α,β-unsaturated/α-hetero) is 1. The SMILES string of the molecule is CCCCCCCc1ccc(C(C)(O)c2ccc(CCc3ccc(C(=O)C(C)(C)CCc4ccc(C(C)(O)c5ccc(CCCCCCS)c(CC6CO6)c5)c(CC5CO5)c4)cc3)c(CC3CO3)c2)c(CC2CO2)c1. The van der Waals surface area contributed by atoms with Gasteiger partial charge >= 0.3 is 0 Å². The summed E-state index contributed by atoms with van der Waals surface area (Å²) in [6, 6.07) is 34.6. The molecule has 0 aliphatic carbocycles. The number of thiol groups is 1. The molecule has 5 aromatic carbocycles. The highest BCUT2D eigenvalue weighted by molar-refractivity contribution is 7.80. The van der Waals surface area contributed by atoms with Crippen molar-refractivity contribution < 1.29 is 34.0 Å². The van der Waals surface area contributed by atoms with Gasteiger partial charge in [-0.2, -0.15) is 12.6 Å². The van der Waals surface area contributed by atoms with E-state index in [-0.39, 0.29) is 30.2 Å². The molecule has 0 saturated carbocycles. The summed E-state index contributed by atoms with van der Waals surface area (Å²) in [6.45, 7) is 13.4. The number of aliphatic hydroxyl groups is 2. The van der Waals surface area contributed by atoms with Crippen LogP contribution in [0.2, 0.25) is 0 Å².